The van der Waals surface area contributed by atoms with E-state index in [1.807, 2.05) is 0 Å². The number of carbonyl (C=O) groups excluding carboxylic acids is 1. The second-order valence-electron chi connectivity index (χ2n) is 6.42. The molecule has 1 unspecified atom stereocenters. The number of rotatable bonds is 4. The van der Waals surface area contributed by atoms with Crippen LogP contribution in [0.25, 0.3) is 0 Å². The number of nitrogens with one attached hydrogen (secondary N) is 1. The van der Waals surface area contributed by atoms with Crippen LogP contribution in [0, 0.1) is 16.0 Å². The van der Waals surface area contributed by atoms with Crippen LogP contribution in [0.3, 0.4) is 0 Å². The zero-order chi connectivity index (χ0) is 16.9. The third-order valence-electron chi connectivity index (χ3n) is 4.94. The molecule has 2 amide bonds. The molecule has 0 saturated carbocycles. The van der Waals surface area contributed by atoms with E-state index in [1.54, 1.807) is 23.1 Å². The van der Waals surface area contributed by atoms with Crippen molar-refractivity contribution in [3.05, 3.63) is 39.9 Å². The van der Waals surface area contributed by atoms with E-state index >= 15 is 0 Å². The number of nitrogens with zero attached hydrogens (tertiary/aromatic N) is 2. The average molecular weight is 333 g/mol. The number of ether oxygens (including phenoxy) is 1. The number of likely N-dealkylation sites (tertiary alicyclic amines) is 1. The maximum absolute atomic E-state index is 12.3. The molecule has 0 spiro atoms. The lowest BCUT2D eigenvalue weighted by atomic mass is 9.90. The van der Waals surface area contributed by atoms with Crippen molar-refractivity contribution < 1.29 is 14.5 Å². The first-order valence-corrected chi connectivity index (χ1v) is 8.52. The molecule has 7 heteroatoms. The van der Waals surface area contributed by atoms with Gasteiger partial charge in [0.1, 0.15) is 0 Å². The Bertz CT molecular complexity index is 593. The van der Waals surface area contributed by atoms with Gasteiger partial charge in [-0.25, -0.2) is 4.79 Å². The Balaban J connectivity index is 1.49. The van der Waals surface area contributed by atoms with E-state index in [4.69, 9.17) is 4.74 Å². The van der Waals surface area contributed by atoms with Gasteiger partial charge in [-0.1, -0.05) is 18.2 Å². The molecule has 2 fully saturated rings. The van der Waals surface area contributed by atoms with Crippen LogP contribution in [0.2, 0.25) is 0 Å². The number of piperidine rings is 1. The molecule has 2 aliphatic rings. The molecule has 1 aromatic rings. The predicted molar refractivity (Wildman–Crippen MR) is 88.6 cm³/mol. The first kappa shape index (κ1) is 16.7. The fourth-order valence-corrected chi connectivity index (χ4v) is 3.57. The van der Waals surface area contributed by atoms with Crippen LogP contribution in [0.1, 0.15) is 31.2 Å². The Morgan fingerprint density at radius 3 is 2.71 bits per heavy atom. The number of carbonyl (C=O) groups is 1. The monoisotopic (exact) mass is 333 g/mol. The molecule has 1 atom stereocenters. The molecule has 3 rings (SSSR count). The molecule has 1 aromatic carbocycles. The molecule has 24 heavy (non-hydrogen) atoms. The Morgan fingerprint density at radius 2 is 2.04 bits per heavy atom. The predicted octanol–water partition coefficient (Wildman–Crippen LogP) is 2.70. The minimum atomic E-state index is -0.422. The minimum absolute atomic E-state index is 0.0369. The van der Waals surface area contributed by atoms with Crippen molar-refractivity contribution in [2.24, 2.45) is 5.92 Å². The van der Waals surface area contributed by atoms with Gasteiger partial charge in [0.25, 0.3) is 5.69 Å². The number of para-hydroxylation sites is 1. The summed E-state index contributed by atoms with van der Waals surface area (Å²) in [5.41, 5.74) is 0.556. The fourth-order valence-electron chi connectivity index (χ4n) is 3.57. The van der Waals surface area contributed by atoms with Crippen LogP contribution < -0.4 is 5.32 Å². The summed E-state index contributed by atoms with van der Waals surface area (Å²) in [5, 5.41) is 13.8. The lowest BCUT2D eigenvalue weighted by molar-refractivity contribution is -0.385. The quantitative estimate of drug-likeness (QED) is 0.678. The average Bonchev–Trinajstić information content (AvgIpc) is 3.14. The van der Waals surface area contributed by atoms with Crippen molar-refractivity contribution in [1.29, 1.82) is 0 Å². The SMILES string of the molecule is O=C(NCc1ccccc1[N+](=O)[O-])N1CCC(C2CCCO2)CC1. The summed E-state index contributed by atoms with van der Waals surface area (Å²) in [6, 6.07) is 6.33. The molecule has 2 saturated heterocycles. The molecule has 130 valence electrons. The van der Waals surface area contributed by atoms with Crippen LogP contribution in [-0.4, -0.2) is 41.7 Å². The van der Waals surface area contributed by atoms with Gasteiger partial charge in [0.05, 0.1) is 17.6 Å². The van der Waals surface area contributed by atoms with E-state index in [-0.39, 0.29) is 18.3 Å². The van der Waals surface area contributed by atoms with E-state index in [1.165, 1.54) is 6.07 Å². The Kier molecular flexibility index (Phi) is 5.30. The van der Waals surface area contributed by atoms with Gasteiger partial charge >= 0.3 is 6.03 Å². The summed E-state index contributed by atoms with van der Waals surface area (Å²) in [7, 11) is 0. The summed E-state index contributed by atoms with van der Waals surface area (Å²) >= 11 is 0. The lowest BCUT2D eigenvalue weighted by Crippen LogP contribution is -2.45. The summed E-state index contributed by atoms with van der Waals surface area (Å²) in [6.07, 6.45) is 4.56. The molecule has 0 aliphatic carbocycles. The first-order chi connectivity index (χ1) is 11.6. The van der Waals surface area contributed by atoms with Crippen LogP contribution in [0.4, 0.5) is 10.5 Å². The third kappa shape index (κ3) is 3.84. The van der Waals surface area contributed by atoms with Crippen molar-refractivity contribution in [2.75, 3.05) is 19.7 Å². The highest BCUT2D eigenvalue weighted by Crippen LogP contribution is 2.28. The number of hydrogen-bond acceptors (Lipinski definition) is 4. The fraction of sp³-hybridized carbons (Fsp3) is 0.588. The molecule has 7 nitrogen and oxygen atoms in total. The van der Waals surface area contributed by atoms with Crippen molar-refractivity contribution in [1.82, 2.24) is 10.2 Å². The molecule has 0 aromatic heterocycles. The number of nitro groups is 1. The number of amides is 2. The summed E-state index contributed by atoms with van der Waals surface area (Å²) in [5.74, 6) is 0.548. The van der Waals surface area contributed by atoms with Crippen LogP contribution in [0.15, 0.2) is 24.3 Å². The molecule has 0 bridgehead atoms. The number of hydrogen-bond donors (Lipinski definition) is 1. The maximum atomic E-state index is 12.3. The van der Waals surface area contributed by atoms with Crippen molar-refractivity contribution in [3.8, 4) is 0 Å². The van der Waals surface area contributed by atoms with Gasteiger partial charge in [0.15, 0.2) is 0 Å². The van der Waals surface area contributed by atoms with Gasteiger partial charge in [-0.3, -0.25) is 10.1 Å². The summed E-state index contributed by atoms with van der Waals surface area (Å²) in [4.78, 5) is 24.7. The first-order valence-electron chi connectivity index (χ1n) is 8.52. The Hall–Kier alpha value is -2.15. The second kappa shape index (κ2) is 7.61. The van der Waals surface area contributed by atoms with Crippen molar-refractivity contribution in [3.63, 3.8) is 0 Å². The Morgan fingerprint density at radius 1 is 1.29 bits per heavy atom. The molecule has 2 heterocycles. The largest absolute Gasteiger partial charge is 0.378 e. The van der Waals surface area contributed by atoms with Crippen LogP contribution >= 0.6 is 0 Å². The summed E-state index contributed by atoms with van der Waals surface area (Å²) in [6.45, 7) is 2.46. The van der Waals surface area contributed by atoms with E-state index in [0.29, 0.717) is 30.7 Å². The van der Waals surface area contributed by atoms with Gasteiger partial charge in [0.2, 0.25) is 0 Å². The molecule has 1 N–H and O–H groups in total. The van der Waals surface area contributed by atoms with Gasteiger partial charge in [-0.15, -0.1) is 0 Å². The van der Waals surface area contributed by atoms with Gasteiger partial charge < -0.3 is 15.0 Å². The zero-order valence-electron chi connectivity index (χ0n) is 13.6. The molecular formula is C17H23N3O4. The third-order valence-corrected chi connectivity index (χ3v) is 4.94. The normalized spacial score (nSPS) is 21.7. The standard InChI is InChI=1S/C17H23N3O4/c21-17(18-12-14-4-1-2-5-15(14)20(22)23)19-9-7-13(8-10-19)16-6-3-11-24-16/h1-2,4-5,13,16H,3,6-12H2,(H,18,21). The van der Waals surface area contributed by atoms with E-state index in [9.17, 15) is 14.9 Å². The zero-order valence-corrected chi connectivity index (χ0v) is 13.6. The maximum Gasteiger partial charge on any atom is 0.317 e. The number of benzene rings is 1. The second-order valence-corrected chi connectivity index (χ2v) is 6.42. The molecule has 2 aliphatic heterocycles. The lowest BCUT2D eigenvalue weighted by Gasteiger charge is -2.34. The van der Waals surface area contributed by atoms with Crippen LogP contribution in [0.5, 0.6) is 0 Å². The van der Waals surface area contributed by atoms with Crippen molar-refractivity contribution in [2.45, 2.75) is 38.3 Å². The van der Waals surface area contributed by atoms with Gasteiger partial charge in [-0.2, -0.15) is 0 Å². The van der Waals surface area contributed by atoms with Crippen LogP contribution in [-0.2, 0) is 11.3 Å². The smallest absolute Gasteiger partial charge is 0.317 e. The minimum Gasteiger partial charge on any atom is -0.378 e. The van der Waals surface area contributed by atoms with Gasteiger partial charge in [-0.05, 0) is 31.6 Å². The molecule has 0 radical (unpaired) electrons. The van der Waals surface area contributed by atoms with Crippen molar-refractivity contribution >= 4 is 11.7 Å². The molecular weight excluding hydrogens is 310 g/mol. The topological polar surface area (TPSA) is 84.7 Å². The highest BCUT2D eigenvalue weighted by atomic mass is 16.6. The number of urea groups is 1. The van der Waals surface area contributed by atoms with E-state index in [0.717, 1.165) is 32.3 Å². The summed E-state index contributed by atoms with van der Waals surface area (Å²) < 4.78 is 5.75. The Labute approximate surface area is 141 Å². The highest BCUT2D eigenvalue weighted by molar-refractivity contribution is 5.74. The highest BCUT2D eigenvalue weighted by Gasteiger charge is 2.30. The van der Waals surface area contributed by atoms with Gasteiger partial charge in [0, 0.05) is 31.3 Å². The van der Waals surface area contributed by atoms with E-state index in [2.05, 4.69) is 5.32 Å². The van der Waals surface area contributed by atoms with E-state index < -0.39 is 4.92 Å². The number of nitro benzene ring substituents is 1.